The fraction of sp³-hybridized carbons (Fsp3) is 0.750. The van der Waals surface area contributed by atoms with Gasteiger partial charge < -0.3 is 10.2 Å². The molecule has 100 valence electrons. The Bertz CT molecular complexity index is 397. The molecule has 6 heteroatoms. The second kappa shape index (κ2) is 5.95. The number of aromatic amines is 1. The molecular formula is C12H21N5O. The molecule has 0 saturated carbocycles. The van der Waals surface area contributed by atoms with E-state index in [4.69, 9.17) is 0 Å². The van der Waals surface area contributed by atoms with Crippen molar-refractivity contribution in [2.45, 2.75) is 38.6 Å². The zero-order chi connectivity index (χ0) is 13.0. The Kier molecular flexibility index (Phi) is 4.30. The van der Waals surface area contributed by atoms with E-state index in [1.807, 2.05) is 7.05 Å². The van der Waals surface area contributed by atoms with Crippen LogP contribution in [0.2, 0.25) is 0 Å². The van der Waals surface area contributed by atoms with E-state index in [0.29, 0.717) is 11.9 Å². The second-order valence-corrected chi connectivity index (χ2v) is 4.75. The van der Waals surface area contributed by atoms with Gasteiger partial charge in [0.1, 0.15) is 5.82 Å². The SMILES string of the molecule is CCCc1nc(C(=O)N(C)C2CCNCC2)n[nH]1. The first-order chi connectivity index (χ1) is 8.72. The van der Waals surface area contributed by atoms with Crippen molar-refractivity contribution < 1.29 is 4.79 Å². The molecule has 0 aliphatic carbocycles. The number of hydrogen-bond acceptors (Lipinski definition) is 4. The lowest BCUT2D eigenvalue weighted by molar-refractivity contribution is 0.0691. The highest BCUT2D eigenvalue weighted by Crippen LogP contribution is 2.12. The highest BCUT2D eigenvalue weighted by Gasteiger charge is 2.25. The molecule has 2 heterocycles. The number of carbonyl (C=O) groups is 1. The van der Waals surface area contributed by atoms with Crippen LogP contribution in [0.5, 0.6) is 0 Å². The van der Waals surface area contributed by atoms with Gasteiger partial charge in [-0.1, -0.05) is 6.92 Å². The van der Waals surface area contributed by atoms with Gasteiger partial charge in [-0.25, -0.2) is 4.98 Å². The third-order valence-corrected chi connectivity index (χ3v) is 3.39. The number of hydrogen-bond donors (Lipinski definition) is 2. The lowest BCUT2D eigenvalue weighted by Gasteiger charge is -2.30. The summed E-state index contributed by atoms with van der Waals surface area (Å²) in [5.41, 5.74) is 0. The third kappa shape index (κ3) is 2.87. The van der Waals surface area contributed by atoms with Gasteiger partial charge >= 0.3 is 0 Å². The van der Waals surface area contributed by atoms with Gasteiger partial charge in [-0.15, -0.1) is 5.10 Å². The van der Waals surface area contributed by atoms with Crippen LogP contribution in [-0.4, -0.2) is 52.2 Å². The molecule has 1 amide bonds. The molecule has 0 radical (unpaired) electrons. The molecule has 6 nitrogen and oxygen atoms in total. The Morgan fingerprint density at radius 1 is 1.44 bits per heavy atom. The number of carbonyl (C=O) groups excluding carboxylic acids is 1. The first-order valence-corrected chi connectivity index (χ1v) is 6.61. The van der Waals surface area contributed by atoms with Gasteiger partial charge in [0.05, 0.1) is 0 Å². The van der Waals surface area contributed by atoms with Gasteiger partial charge in [0.2, 0.25) is 5.82 Å². The predicted molar refractivity (Wildman–Crippen MR) is 68.4 cm³/mol. The molecule has 1 saturated heterocycles. The number of H-pyrrole nitrogens is 1. The Balaban J connectivity index is 2.00. The summed E-state index contributed by atoms with van der Waals surface area (Å²) in [6.07, 6.45) is 3.81. The van der Waals surface area contributed by atoms with Gasteiger partial charge in [0, 0.05) is 19.5 Å². The summed E-state index contributed by atoms with van der Waals surface area (Å²) in [6, 6.07) is 0.298. The summed E-state index contributed by atoms with van der Waals surface area (Å²) in [5.74, 6) is 1.000. The van der Waals surface area contributed by atoms with Crippen LogP contribution in [0.25, 0.3) is 0 Å². The number of rotatable bonds is 4. The van der Waals surface area contributed by atoms with Crippen LogP contribution < -0.4 is 5.32 Å². The summed E-state index contributed by atoms with van der Waals surface area (Å²) in [4.78, 5) is 18.2. The van der Waals surface area contributed by atoms with E-state index >= 15 is 0 Å². The van der Waals surface area contributed by atoms with Gasteiger partial charge in [0.25, 0.3) is 5.91 Å². The Morgan fingerprint density at radius 2 is 2.17 bits per heavy atom. The maximum Gasteiger partial charge on any atom is 0.293 e. The monoisotopic (exact) mass is 251 g/mol. The quantitative estimate of drug-likeness (QED) is 0.821. The summed E-state index contributed by atoms with van der Waals surface area (Å²) < 4.78 is 0. The first-order valence-electron chi connectivity index (χ1n) is 6.61. The Morgan fingerprint density at radius 3 is 2.83 bits per heavy atom. The van der Waals surface area contributed by atoms with Crippen molar-refractivity contribution in [3.63, 3.8) is 0 Å². The van der Waals surface area contributed by atoms with E-state index in [-0.39, 0.29) is 5.91 Å². The van der Waals surface area contributed by atoms with Crippen LogP contribution in [-0.2, 0) is 6.42 Å². The van der Waals surface area contributed by atoms with Gasteiger partial charge in [-0.05, 0) is 32.4 Å². The number of nitrogens with one attached hydrogen (secondary N) is 2. The Hall–Kier alpha value is -1.43. The minimum absolute atomic E-state index is 0.0829. The van der Waals surface area contributed by atoms with Gasteiger partial charge in [-0.2, -0.15) is 0 Å². The molecule has 1 aliphatic heterocycles. The zero-order valence-electron chi connectivity index (χ0n) is 11.1. The van der Waals surface area contributed by atoms with E-state index < -0.39 is 0 Å². The minimum Gasteiger partial charge on any atom is -0.336 e. The largest absolute Gasteiger partial charge is 0.336 e. The molecule has 0 atom stereocenters. The standard InChI is InChI=1S/C12H21N5O/c1-3-4-10-14-11(16-15-10)12(18)17(2)9-5-7-13-8-6-9/h9,13H,3-8H2,1-2H3,(H,14,15,16). The molecular weight excluding hydrogens is 230 g/mol. The normalized spacial score (nSPS) is 16.8. The molecule has 0 unspecified atom stereocenters. The molecule has 0 spiro atoms. The number of nitrogens with zero attached hydrogens (tertiary/aromatic N) is 3. The molecule has 1 aromatic heterocycles. The maximum atomic E-state index is 12.2. The molecule has 1 aliphatic rings. The summed E-state index contributed by atoms with van der Waals surface area (Å²) in [5, 5.41) is 10.1. The van der Waals surface area contributed by atoms with Crippen molar-refractivity contribution in [1.29, 1.82) is 0 Å². The third-order valence-electron chi connectivity index (χ3n) is 3.39. The van der Waals surface area contributed by atoms with Crippen molar-refractivity contribution >= 4 is 5.91 Å². The number of aromatic nitrogens is 3. The molecule has 0 bridgehead atoms. The van der Waals surface area contributed by atoms with Crippen LogP contribution in [0.1, 0.15) is 42.6 Å². The van der Waals surface area contributed by atoms with E-state index in [1.165, 1.54) is 0 Å². The van der Waals surface area contributed by atoms with Crippen LogP contribution >= 0.6 is 0 Å². The lowest BCUT2D eigenvalue weighted by atomic mass is 10.1. The average Bonchev–Trinajstić information content (AvgIpc) is 2.87. The second-order valence-electron chi connectivity index (χ2n) is 4.75. The fourth-order valence-electron chi connectivity index (χ4n) is 2.26. The molecule has 0 aromatic carbocycles. The van der Waals surface area contributed by atoms with Crippen LogP contribution in [0.4, 0.5) is 0 Å². The summed E-state index contributed by atoms with van der Waals surface area (Å²) in [7, 11) is 1.84. The Labute approximate surface area is 107 Å². The molecule has 1 fully saturated rings. The molecule has 2 rings (SSSR count). The highest BCUT2D eigenvalue weighted by molar-refractivity contribution is 5.90. The zero-order valence-corrected chi connectivity index (χ0v) is 11.1. The molecule has 2 N–H and O–H groups in total. The van der Waals surface area contributed by atoms with Crippen molar-refractivity contribution in [3.8, 4) is 0 Å². The highest BCUT2D eigenvalue weighted by atomic mass is 16.2. The predicted octanol–water partition coefficient (Wildman–Crippen LogP) is 0.581. The number of amides is 1. The van der Waals surface area contributed by atoms with Crippen LogP contribution in [0.15, 0.2) is 0 Å². The van der Waals surface area contributed by atoms with Crippen molar-refractivity contribution in [1.82, 2.24) is 25.4 Å². The van der Waals surface area contributed by atoms with Crippen molar-refractivity contribution in [3.05, 3.63) is 11.6 Å². The molecule has 1 aromatic rings. The fourth-order valence-corrected chi connectivity index (χ4v) is 2.26. The van der Waals surface area contributed by atoms with E-state index in [9.17, 15) is 4.79 Å². The lowest BCUT2D eigenvalue weighted by Crippen LogP contribution is -2.44. The van der Waals surface area contributed by atoms with E-state index in [2.05, 4.69) is 27.4 Å². The van der Waals surface area contributed by atoms with Crippen molar-refractivity contribution in [2.24, 2.45) is 0 Å². The van der Waals surface area contributed by atoms with Crippen LogP contribution in [0.3, 0.4) is 0 Å². The van der Waals surface area contributed by atoms with Crippen molar-refractivity contribution in [2.75, 3.05) is 20.1 Å². The summed E-state index contributed by atoms with van der Waals surface area (Å²) in [6.45, 7) is 4.01. The number of aryl methyl sites for hydroxylation is 1. The number of piperidine rings is 1. The van der Waals surface area contributed by atoms with Gasteiger partial charge in [0.15, 0.2) is 0 Å². The summed E-state index contributed by atoms with van der Waals surface area (Å²) >= 11 is 0. The minimum atomic E-state index is -0.0829. The van der Waals surface area contributed by atoms with E-state index in [1.54, 1.807) is 4.90 Å². The first kappa shape index (κ1) is 13.0. The van der Waals surface area contributed by atoms with E-state index in [0.717, 1.165) is 44.6 Å². The smallest absolute Gasteiger partial charge is 0.293 e. The van der Waals surface area contributed by atoms with Gasteiger partial charge in [-0.3, -0.25) is 9.89 Å². The topological polar surface area (TPSA) is 73.9 Å². The average molecular weight is 251 g/mol. The van der Waals surface area contributed by atoms with Crippen LogP contribution in [0, 0.1) is 0 Å². The molecule has 18 heavy (non-hydrogen) atoms. The maximum absolute atomic E-state index is 12.2.